The molecule has 0 radical (unpaired) electrons. The van der Waals surface area contributed by atoms with Crippen molar-refractivity contribution >= 4 is 21.6 Å². The minimum Gasteiger partial charge on any atom is -0.325 e. The molecule has 114 valence electrons. The SMILES string of the molecule is C[C@@H]1C(=O)Nc2ccc(S(=O)(=O)NCc3ccccc3)cc21. The Morgan fingerprint density at radius 1 is 1.14 bits per heavy atom. The van der Waals surface area contributed by atoms with E-state index in [1.165, 1.54) is 6.07 Å². The van der Waals surface area contributed by atoms with Gasteiger partial charge in [-0.05, 0) is 36.2 Å². The zero-order valence-electron chi connectivity index (χ0n) is 12.0. The predicted molar refractivity (Wildman–Crippen MR) is 84.0 cm³/mol. The number of hydrogen-bond acceptors (Lipinski definition) is 3. The van der Waals surface area contributed by atoms with E-state index in [2.05, 4.69) is 10.0 Å². The maximum absolute atomic E-state index is 12.4. The van der Waals surface area contributed by atoms with Gasteiger partial charge in [-0.1, -0.05) is 30.3 Å². The second-order valence-corrected chi connectivity index (χ2v) is 7.04. The first-order valence-electron chi connectivity index (χ1n) is 6.96. The van der Waals surface area contributed by atoms with Crippen LogP contribution in [0.2, 0.25) is 0 Å². The van der Waals surface area contributed by atoms with E-state index in [0.29, 0.717) is 11.3 Å². The van der Waals surface area contributed by atoms with Crippen LogP contribution in [0.15, 0.2) is 53.4 Å². The first-order chi connectivity index (χ1) is 10.5. The van der Waals surface area contributed by atoms with Crippen LogP contribution < -0.4 is 10.0 Å². The molecule has 0 fully saturated rings. The number of amides is 1. The molecule has 0 spiro atoms. The largest absolute Gasteiger partial charge is 0.325 e. The molecule has 22 heavy (non-hydrogen) atoms. The molecule has 2 aromatic carbocycles. The number of anilines is 1. The quantitative estimate of drug-likeness (QED) is 0.908. The lowest BCUT2D eigenvalue weighted by atomic mass is 10.0. The van der Waals surface area contributed by atoms with Crippen molar-refractivity contribution in [3.8, 4) is 0 Å². The predicted octanol–water partition coefficient (Wildman–Crippen LogP) is 2.22. The van der Waals surface area contributed by atoms with Gasteiger partial charge in [0, 0.05) is 12.2 Å². The number of benzene rings is 2. The van der Waals surface area contributed by atoms with Gasteiger partial charge in [0.05, 0.1) is 10.8 Å². The summed E-state index contributed by atoms with van der Waals surface area (Å²) in [4.78, 5) is 11.8. The Morgan fingerprint density at radius 2 is 1.86 bits per heavy atom. The first kappa shape index (κ1) is 14.7. The number of sulfonamides is 1. The van der Waals surface area contributed by atoms with E-state index >= 15 is 0 Å². The fourth-order valence-corrected chi connectivity index (χ4v) is 3.47. The van der Waals surface area contributed by atoms with E-state index in [-0.39, 0.29) is 23.3 Å². The van der Waals surface area contributed by atoms with Crippen LogP contribution in [0.25, 0.3) is 0 Å². The van der Waals surface area contributed by atoms with Gasteiger partial charge in [-0.25, -0.2) is 13.1 Å². The highest BCUT2D eigenvalue weighted by atomic mass is 32.2. The van der Waals surface area contributed by atoms with Crippen molar-refractivity contribution in [3.63, 3.8) is 0 Å². The minimum atomic E-state index is -3.61. The third-order valence-corrected chi connectivity index (χ3v) is 5.16. The van der Waals surface area contributed by atoms with Gasteiger partial charge >= 0.3 is 0 Å². The lowest BCUT2D eigenvalue weighted by Gasteiger charge is -2.09. The zero-order chi connectivity index (χ0) is 15.7. The van der Waals surface area contributed by atoms with Crippen LogP contribution in [-0.4, -0.2) is 14.3 Å². The van der Waals surface area contributed by atoms with Gasteiger partial charge < -0.3 is 5.32 Å². The fraction of sp³-hybridized carbons (Fsp3) is 0.188. The summed E-state index contributed by atoms with van der Waals surface area (Å²) in [6, 6.07) is 14.0. The van der Waals surface area contributed by atoms with Crippen molar-refractivity contribution in [3.05, 3.63) is 59.7 Å². The lowest BCUT2D eigenvalue weighted by molar-refractivity contribution is -0.116. The van der Waals surface area contributed by atoms with Crippen LogP contribution in [0, 0.1) is 0 Å². The second kappa shape index (κ2) is 5.55. The van der Waals surface area contributed by atoms with Gasteiger partial charge in [-0.3, -0.25) is 4.79 Å². The van der Waals surface area contributed by atoms with Crippen LogP contribution in [0.1, 0.15) is 24.0 Å². The molecular weight excluding hydrogens is 300 g/mol. The van der Waals surface area contributed by atoms with Gasteiger partial charge in [0.15, 0.2) is 0 Å². The van der Waals surface area contributed by atoms with E-state index in [4.69, 9.17) is 0 Å². The highest BCUT2D eigenvalue weighted by molar-refractivity contribution is 7.89. The van der Waals surface area contributed by atoms with Crippen LogP contribution >= 0.6 is 0 Å². The summed E-state index contributed by atoms with van der Waals surface area (Å²) in [5.74, 6) is -0.443. The molecule has 0 aromatic heterocycles. The monoisotopic (exact) mass is 316 g/mol. The zero-order valence-corrected chi connectivity index (χ0v) is 12.9. The molecule has 0 bridgehead atoms. The number of carbonyl (C=O) groups excluding carboxylic acids is 1. The number of hydrogen-bond donors (Lipinski definition) is 2. The minimum absolute atomic E-state index is 0.109. The number of nitrogens with one attached hydrogen (secondary N) is 2. The van der Waals surface area contributed by atoms with Gasteiger partial charge in [0.1, 0.15) is 0 Å². The van der Waals surface area contributed by atoms with Gasteiger partial charge in [0.25, 0.3) is 0 Å². The smallest absolute Gasteiger partial charge is 0.240 e. The average Bonchev–Trinajstić information content (AvgIpc) is 2.81. The summed E-state index contributed by atoms with van der Waals surface area (Å²) in [6.07, 6.45) is 0. The third-order valence-electron chi connectivity index (χ3n) is 3.76. The Morgan fingerprint density at radius 3 is 2.59 bits per heavy atom. The molecule has 0 unspecified atom stereocenters. The normalized spacial score (nSPS) is 17.1. The highest BCUT2D eigenvalue weighted by Gasteiger charge is 2.28. The number of carbonyl (C=O) groups is 1. The molecule has 1 heterocycles. The maximum Gasteiger partial charge on any atom is 0.240 e. The topological polar surface area (TPSA) is 75.3 Å². The average molecular weight is 316 g/mol. The van der Waals surface area contributed by atoms with Crippen molar-refractivity contribution in [1.82, 2.24) is 4.72 Å². The molecule has 5 nitrogen and oxygen atoms in total. The van der Waals surface area contributed by atoms with E-state index in [9.17, 15) is 13.2 Å². The molecule has 1 amide bonds. The maximum atomic E-state index is 12.4. The molecule has 3 rings (SSSR count). The summed E-state index contributed by atoms with van der Waals surface area (Å²) in [6.45, 7) is 1.99. The molecule has 6 heteroatoms. The summed E-state index contributed by atoms with van der Waals surface area (Å²) >= 11 is 0. The highest BCUT2D eigenvalue weighted by Crippen LogP contribution is 2.33. The Labute approximate surface area is 129 Å². The molecule has 1 aliphatic rings. The molecule has 2 aromatic rings. The molecule has 0 aliphatic carbocycles. The van der Waals surface area contributed by atoms with E-state index in [0.717, 1.165) is 5.56 Å². The Kier molecular flexibility index (Phi) is 3.72. The summed E-state index contributed by atoms with van der Waals surface area (Å²) < 4.78 is 27.3. The van der Waals surface area contributed by atoms with Crippen LogP contribution in [0.5, 0.6) is 0 Å². The van der Waals surface area contributed by atoms with E-state index in [1.54, 1.807) is 19.1 Å². The van der Waals surface area contributed by atoms with Crippen LogP contribution in [-0.2, 0) is 21.4 Å². The van der Waals surface area contributed by atoms with Crippen LogP contribution in [0.3, 0.4) is 0 Å². The standard InChI is InChI=1S/C16H16N2O3S/c1-11-14-9-13(7-8-15(14)18-16(11)19)22(20,21)17-10-12-5-3-2-4-6-12/h2-9,11,17H,10H2,1H3,(H,18,19)/t11-/m0/s1. The molecular formula is C16H16N2O3S. The van der Waals surface area contributed by atoms with E-state index < -0.39 is 10.0 Å². The lowest BCUT2D eigenvalue weighted by Crippen LogP contribution is -2.23. The summed E-state index contributed by atoms with van der Waals surface area (Å²) in [5, 5.41) is 2.73. The number of fused-ring (bicyclic) bond motifs is 1. The summed E-state index contributed by atoms with van der Waals surface area (Å²) in [7, 11) is -3.61. The van der Waals surface area contributed by atoms with Crippen molar-refractivity contribution in [1.29, 1.82) is 0 Å². The molecule has 0 saturated carbocycles. The molecule has 0 saturated heterocycles. The first-order valence-corrected chi connectivity index (χ1v) is 8.44. The molecule has 2 N–H and O–H groups in total. The van der Waals surface area contributed by atoms with E-state index in [1.807, 2.05) is 30.3 Å². The van der Waals surface area contributed by atoms with Gasteiger partial charge in [0.2, 0.25) is 15.9 Å². The van der Waals surface area contributed by atoms with Crippen molar-refractivity contribution < 1.29 is 13.2 Å². The van der Waals surface area contributed by atoms with Crippen molar-refractivity contribution in [2.75, 3.05) is 5.32 Å². The Balaban J connectivity index is 1.83. The van der Waals surface area contributed by atoms with Gasteiger partial charge in [-0.15, -0.1) is 0 Å². The number of rotatable bonds is 4. The third kappa shape index (κ3) is 2.75. The van der Waals surface area contributed by atoms with Crippen molar-refractivity contribution in [2.24, 2.45) is 0 Å². The van der Waals surface area contributed by atoms with Crippen LogP contribution in [0.4, 0.5) is 5.69 Å². The van der Waals surface area contributed by atoms with Crippen molar-refractivity contribution in [2.45, 2.75) is 24.3 Å². The summed E-state index contributed by atoms with van der Waals surface area (Å²) in [5.41, 5.74) is 2.28. The Hall–Kier alpha value is -2.18. The fourth-order valence-electron chi connectivity index (χ4n) is 2.42. The molecule has 1 aliphatic heterocycles. The second-order valence-electron chi connectivity index (χ2n) is 5.27. The Bertz CT molecular complexity index is 817. The molecule has 1 atom stereocenters. The van der Waals surface area contributed by atoms with Gasteiger partial charge in [-0.2, -0.15) is 0 Å².